The molecule has 5 nitrogen and oxygen atoms in total. The molecule has 1 unspecified atom stereocenters. The van der Waals surface area contributed by atoms with E-state index in [-0.39, 0.29) is 11.9 Å². The summed E-state index contributed by atoms with van der Waals surface area (Å²) in [7, 11) is -3.27. The summed E-state index contributed by atoms with van der Waals surface area (Å²) >= 11 is 0. The van der Waals surface area contributed by atoms with Crippen molar-refractivity contribution >= 4 is 10.0 Å². The summed E-state index contributed by atoms with van der Waals surface area (Å²) in [5.41, 5.74) is 0.791. The van der Waals surface area contributed by atoms with Crippen LogP contribution in [0.3, 0.4) is 0 Å². The maximum atomic E-state index is 11.9. The third-order valence-corrected chi connectivity index (χ3v) is 4.67. The van der Waals surface area contributed by atoms with Crippen LogP contribution in [-0.4, -0.2) is 40.9 Å². The fourth-order valence-corrected chi connectivity index (χ4v) is 3.43. The highest BCUT2D eigenvalue weighted by Gasteiger charge is 2.15. The van der Waals surface area contributed by atoms with Crippen molar-refractivity contribution in [1.82, 2.24) is 4.72 Å². The van der Waals surface area contributed by atoms with Crippen molar-refractivity contribution in [2.24, 2.45) is 0 Å². The van der Waals surface area contributed by atoms with Crippen molar-refractivity contribution in [3.05, 3.63) is 35.9 Å². The van der Waals surface area contributed by atoms with E-state index in [0.717, 1.165) is 25.0 Å². The maximum absolute atomic E-state index is 11.9. The number of nitrogens with one attached hydrogen (secondary N) is 1. The van der Waals surface area contributed by atoms with Crippen LogP contribution in [-0.2, 0) is 25.2 Å². The number of benzene rings is 1. The normalized spacial score (nSPS) is 19.0. The van der Waals surface area contributed by atoms with Gasteiger partial charge < -0.3 is 9.47 Å². The SMILES string of the molecule is O=S(=O)(Cc1ccccc1)NCCCOCC1CCCO1. The molecule has 0 saturated carbocycles. The lowest BCUT2D eigenvalue weighted by Gasteiger charge is -2.10. The summed E-state index contributed by atoms with van der Waals surface area (Å²) in [6, 6.07) is 9.16. The van der Waals surface area contributed by atoms with Crippen LogP contribution in [0.15, 0.2) is 30.3 Å². The predicted molar refractivity (Wildman–Crippen MR) is 81.5 cm³/mol. The van der Waals surface area contributed by atoms with Gasteiger partial charge in [0.15, 0.2) is 0 Å². The largest absolute Gasteiger partial charge is 0.379 e. The average molecular weight is 313 g/mol. The molecule has 2 rings (SSSR count). The minimum atomic E-state index is -3.27. The van der Waals surface area contributed by atoms with E-state index < -0.39 is 10.0 Å². The van der Waals surface area contributed by atoms with Gasteiger partial charge in [0.05, 0.1) is 18.5 Å². The lowest BCUT2D eigenvalue weighted by Crippen LogP contribution is -2.27. The van der Waals surface area contributed by atoms with E-state index in [2.05, 4.69) is 4.72 Å². The molecule has 1 saturated heterocycles. The standard InChI is InChI=1S/C15H23NO4S/c17-21(18,13-14-6-2-1-3-7-14)16-9-5-10-19-12-15-8-4-11-20-15/h1-3,6-7,15-16H,4-5,8-13H2. The monoisotopic (exact) mass is 313 g/mol. The van der Waals surface area contributed by atoms with Gasteiger partial charge in [0.25, 0.3) is 0 Å². The molecule has 0 amide bonds. The van der Waals surface area contributed by atoms with E-state index in [9.17, 15) is 8.42 Å². The molecule has 0 spiro atoms. The van der Waals surface area contributed by atoms with Gasteiger partial charge in [-0.2, -0.15) is 0 Å². The minimum absolute atomic E-state index is 0.0185. The number of hydrogen-bond acceptors (Lipinski definition) is 4. The molecular weight excluding hydrogens is 290 g/mol. The van der Waals surface area contributed by atoms with Crippen LogP contribution in [0.2, 0.25) is 0 Å². The van der Waals surface area contributed by atoms with E-state index in [1.165, 1.54) is 0 Å². The Balaban J connectivity index is 1.56. The molecule has 1 aliphatic rings. The van der Waals surface area contributed by atoms with E-state index >= 15 is 0 Å². The van der Waals surface area contributed by atoms with Gasteiger partial charge in [-0.15, -0.1) is 0 Å². The minimum Gasteiger partial charge on any atom is -0.379 e. The van der Waals surface area contributed by atoms with Crippen molar-refractivity contribution in [1.29, 1.82) is 0 Å². The molecule has 1 atom stereocenters. The van der Waals surface area contributed by atoms with Crippen LogP contribution in [0.5, 0.6) is 0 Å². The Morgan fingerprint density at radius 2 is 2.10 bits per heavy atom. The quantitative estimate of drug-likeness (QED) is 0.705. The zero-order chi connectivity index (χ0) is 15.0. The van der Waals surface area contributed by atoms with Gasteiger partial charge in [-0.1, -0.05) is 30.3 Å². The summed E-state index contributed by atoms with van der Waals surface area (Å²) in [5.74, 6) is 0.0185. The fourth-order valence-electron chi connectivity index (χ4n) is 2.24. The van der Waals surface area contributed by atoms with Crippen molar-refractivity contribution in [3.63, 3.8) is 0 Å². The Kier molecular flexibility index (Phi) is 6.63. The first-order chi connectivity index (χ1) is 10.2. The highest BCUT2D eigenvalue weighted by molar-refractivity contribution is 7.88. The van der Waals surface area contributed by atoms with Gasteiger partial charge in [0.1, 0.15) is 0 Å². The second-order valence-corrected chi connectivity index (χ2v) is 7.01. The van der Waals surface area contributed by atoms with E-state index in [1.807, 2.05) is 30.3 Å². The van der Waals surface area contributed by atoms with Crippen LogP contribution in [0, 0.1) is 0 Å². The second kappa shape index (κ2) is 8.48. The van der Waals surface area contributed by atoms with Gasteiger partial charge in [-0.3, -0.25) is 0 Å². The molecule has 1 heterocycles. The molecular formula is C15H23NO4S. The molecule has 21 heavy (non-hydrogen) atoms. The molecule has 0 aliphatic carbocycles. The van der Waals surface area contributed by atoms with Crippen molar-refractivity contribution in [3.8, 4) is 0 Å². The average Bonchev–Trinajstić information content (AvgIpc) is 2.96. The molecule has 118 valence electrons. The number of hydrogen-bond donors (Lipinski definition) is 1. The molecule has 1 aromatic rings. The lowest BCUT2D eigenvalue weighted by atomic mass is 10.2. The number of ether oxygens (including phenoxy) is 2. The van der Waals surface area contributed by atoms with Crippen LogP contribution < -0.4 is 4.72 Å². The maximum Gasteiger partial charge on any atom is 0.215 e. The number of sulfonamides is 1. The molecule has 0 bridgehead atoms. The van der Waals surface area contributed by atoms with Crippen LogP contribution in [0.25, 0.3) is 0 Å². The zero-order valence-corrected chi connectivity index (χ0v) is 13.0. The molecule has 1 aromatic carbocycles. The third kappa shape index (κ3) is 6.56. The molecule has 0 radical (unpaired) electrons. The van der Waals surface area contributed by atoms with E-state index in [0.29, 0.717) is 26.2 Å². The predicted octanol–water partition coefficient (Wildman–Crippen LogP) is 1.69. The van der Waals surface area contributed by atoms with Gasteiger partial charge in [0, 0.05) is 19.8 Å². The molecule has 1 aliphatic heterocycles. The Morgan fingerprint density at radius 1 is 1.29 bits per heavy atom. The van der Waals surface area contributed by atoms with E-state index in [4.69, 9.17) is 9.47 Å². The highest BCUT2D eigenvalue weighted by atomic mass is 32.2. The Hall–Kier alpha value is -0.950. The van der Waals surface area contributed by atoms with Crippen molar-refractivity contribution in [2.45, 2.75) is 31.1 Å². The molecule has 0 aromatic heterocycles. The first kappa shape index (κ1) is 16.4. The topological polar surface area (TPSA) is 64.6 Å². The smallest absolute Gasteiger partial charge is 0.215 e. The molecule has 1 fully saturated rings. The summed E-state index contributed by atoms with van der Waals surface area (Å²) in [6.07, 6.45) is 3.05. The fraction of sp³-hybridized carbons (Fsp3) is 0.600. The van der Waals surface area contributed by atoms with E-state index in [1.54, 1.807) is 0 Å². The summed E-state index contributed by atoms with van der Waals surface area (Å²) in [4.78, 5) is 0. The number of rotatable bonds is 9. The summed E-state index contributed by atoms with van der Waals surface area (Å²) in [5, 5.41) is 0. The first-order valence-electron chi connectivity index (χ1n) is 7.36. The van der Waals surface area contributed by atoms with Gasteiger partial charge >= 0.3 is 0 Å². The summed E-state index contributed by atoms with van der Waals surface area (Å²) < 4.78 is 37.3. The second-order valence-electron chi connectivity index (χ2n) is 5.20. The third-order valence-electron chi connectivity index (χ3n) is 3.31. The molecule has 1 N–H and O–H groups in total. The van der Waals surface area contributed by atoms with Gasteiger partial charge in [-0.05, 0) is 24.8 Å². The van der Waals surface area contributed by atoms with Crippen LogP contribution in [0.4, 0.5) is 0 Å². The zero-order valence-electron chi connectivity index (χ0n) is 12.2. The van der Waals surface area contributed by atoms with Gasteiger partial charge in [0.2, 0.25) is 10.0 Å². The van der Waals surface area contributed by atoms with Gasteiger partial charge in [-0.25, -0.2) is 13.1 Å². The lowest BCUT2D eigenvalue weighted by molar-refractivity contribution is 0.0169. The molecule has 6 heteroatoms. The Bertz CT molecular complexity index is 498. The Morgan fingerprint density at radius 3 is 2.81 bits per heavy atom. The van der Waals surface area contributed by atoms with Crippen molar-refractivity contribution in [2.75, 3.05) is 26.4 Å². The van der Waals surface area contributed by atoms with Crippen molar-refractivity contribution < 1.29 is 17.9 Å². The highest BCUT2D eigenvalue weighted by Crippen LogP contribution is 2.11. The first-order valence-corrected chi connectivity index (χ1v) is 9.01. The van der Waals surface area contributed by atoms with Crippen LogP contribution in [0.1, 0.15) is 24.8 Å². The van der Waals surface area contributed by atoms with Crippen LogP contribution >= 0.6 is 0 Å². The Labute approximate surface area is 126 Å². The summed E-state index contributed by atoms with van der Waals surface area (Å²) in [6.45, 7) is 2.39.